The van der Waals surface area contributed by atoms with E-state index < -0.39 is 6.04 Å². The van der Waals surface area contributed by atoms with Gasteiger partial charge >= 0.3 is 0 Å². The van der Waals surface area contributed by atoms with Gasteiger partial charge in [-0.2, -0.15) is 11.8 Å². The van der Waals surface area contributed by atoms with Crippen molar-refractivity contribution in [1.29, 1.82) is 0 Å². The fourth-order valence-electron chi connectivity index (χ4n) is 3.77. The second-order valence-corrected chi connectivity index (χ2v) is 10.7. The SMILES string of the molecule is CSCC[C@@H](NC(=O)c1ccccc1)C(=O)Nc1nc(-c2cc(C)n(CCC(C)C)c2C)cs1. The molecule has 0 saturated heterocycles. The zero-order valence-electron chi connectivity index (χ0n) is 20.6. The Morgan fingerprint density at radius 1 is 1.15 bits per heavy atom. The Bertz CT molecular complexity index is 1110. The van der Waals surface area contributed by atoms with E-state index in [1.54, 1.807) is 23.9 Å². The second-order valence-electron chi connectivity index (χ2n) is 8.82. The predicted molar refractivity (Wildman–Crippen MR) is 144 cm³/mol. The molecule has 2 aromatic heterocycles. The summed E-state index contributed by atoms with van der Waals surface area (Å²) in [5.41, 5.74) is 4.89. The van der Waals surface area contributed by atoms with E-state index in [9.17, 15) is 9.59 Å². The highest BCUT2D eigenvalue weighted by Crippen LogP contribution is 2.30. The molecule has 2 heterocycles. The Morgan fingerprint density at radius 2 is 1.88 bits per heavy atom. The first kappa shape index (κ1) is 26.0. The fraction of sp³-hybridized carbons (Fsp3) is 0.423. The maximum atomic E-state index is 13.0. The van der Waals surface area contributed by atoms with Crippen LogP contribution >= 0.6 is 23.1 Å². The molecule has 0 spiro atoms. The molecule has 182 valence electrons. The summed E-state index contributed by atoms with van der Waals surface area (Å²) in [6.45, 7) is 9.70. The lowest BCUT2D eigenvalue weighted by molar-refractivity contribution is -0.118. The molecule has 1 aromatic carbocycles. The maximum Gasteiger partial charge on any atom is 0.251 e. The first-order valence-electron chi connectivity index (χ1n) is 11.6. The van der Waals surface area contributed by atoms with Gasteiger partial charge < -0.3 is 15.2 Å². The molecule has 3 rings (SSSR count). The molecule has 0 aliphatic carbocycles. The zero-order valence-corrected chi connectivity index (χ0v) is 22.2. The Hall–Kier alpha value is -2.58. The number of benzene rings is 1. The predicted octanol–water partition coefficient (Wildman–Crippen LogP) is 5.76. The average molecular weight is 499 g/mol. The minimum absolute atomic E-state index is 0.248. The Labute approximate surface area is 210 Å². The second kappa shape index (κ2) is 12.2. The molecule has 0 unspecified atom stereocenters. The van der Waals surface area contributed by atoms with Crippen LogP contribution < -0.4 is 10.6 Å². The van der Waals surface area contributed by atoms with E-state index in [2.05, 4.69) is 53.9 Å². The molecular weight excluding hydrogens is 464 g/mol. The summed E-state index contributed by atoms with van der Waals surface area (Å²) >= 11 is 3.04. The van der Waals surface area contributed by atoms with E-state index >= 15 is 0 Å². The van der Waals surface area contributed by atoms with Gasteiger partial charge in [0.25, 0.3) is 5.91 Å². The lowest BCUT2D eigenvalue weighted by Crippen LogP contribution is -2.44. The summed E-state index contributed by atoms with van der Waals surface area (Å²) in [6, 6.07) is 10.5. The highest BCUT2D eigenvalue weighted by atomic mass is 32.2. The summed E-state index contributed by atoms with van der Waals surface area (Å²) in [6.07, 6.45) is 3.65. The number of aromatic nitrogens is 2. The number of anilines is 1. The van der Waals surface area contributed by atoms with Gasteiger partial charge in [-0.3, -0.25) is 9.59 Å². The summed E-state index contributed by atoms with van der Waals surface area (Å²) in [5, 5.41) is 8.31. The van der Waals surface area contributed by atoms with Gasteiger partial charge in [-0.05, 0) is 62.8 Å². The van der Waals surface area contributed by atoms with Gasteiger partial charge in [0.2, 0.25) is 5.91 Å². The maximum absolute atomic E-state index is 13.0. The van der Waals surface area contributed by atoms with E-state index in [1.165, 1.54) is 22.7 Å². The van der Waals surface area contributed by atoms with Gasteiger partial charge in [-0.25, -0.2) is 4.98 Å². The van der Waals surface area contributed by atoms with Crippen molar-refractivity contribution in [3.63, 3.8) is 0 Å². The molecule has 0 aliphatic heterocycles. The highest BCUT2D eigenvalue weighted by molar-refractivity contribution is 7.98. The van der Waals surface area contributed by atoms with Gasteiger partial charge in [0.1, 0.15) is 6.04 Å². The van der Waals surface area contributed by atoms with Crippen molar-refractivity contribution < 1.29 is 9.59 Å². The summed E-state index contributed by atoms with van der Waals surface area (Å²) in [4.78, 5) is 30.3. The number of aryl methyl sites for hydroxylation is 1. The number of thiazole rings is 1. The summed E-state index contributed by atoms with van der Waals surface area (Å²) in [5.74, 6) is 0.905. The molecule has 1 atom stereocenters. The normalized spacial score (nSPS) is 12.1. The number of hydrogen-bond donors (Lipinski definition) is 2. The van der Waals surface area contributed by atoms with E-state index in [4.69, 9.17) is 0 Å². The summed E-state index contributed by atoms with van der Waals surface area (Å²) in [7, 11) is 0. The van der Waals surface area contributed by atoms with Crippen molar-refractivity contribution in [3.8, 4) is 11.3 Å². The molecule has 2 amide bonds. The lowest BCUT2D eigenvalue weighted by Gasteiger charge is -2.17. The monoisotopic (exact) mass is 498 g/mol. The number of carbonyl (C=O) groups is 2. The molecule has 0 aliphatic rings. The average Bonchev–Trinajstić information content (AvgIpc) is 3.39. The molecule has 6 nitrogen and oxygen atoms in total. The van der Waals surface area contributed by atoms with Crippen LogP contribution in [0.15, 0.2) is 41.8 Å². The molecule has 8 heteroatoms. The smallest absolute Gasteiger partial charge is 0.251 e. The largest absolute Gasteiger partial charge is 0.348 e. The fourth-order valence-corrected chi connectivity index (χ4v) is 4.96. The molecule has 3 aromatic rings. The number of carbonyl (C=O) groups excluding carboxylic acids is 2. The van der Waals surface area contributed by atoms with Crippen molar-refractivity contribution in [1.82, 2.24) is 14.9 Å². The molecule has 0 bridgehead atoms. The third-order valence-electron chi connectivity index (χ3n) is 5.78. The molecular formula is C26H34N4O2S2. The Kier molecular flexibility index (Phi) is 9.36. The van der Waals surface area contributed by atoms with Crippen molar-refractivity contribution in [2.24, 2.45) is 5.92 Å². The molecule has 0 radical (unpaired) electrons. The lowest BCUT2D eigenvalue weighted by atomic mass is 10.1. The van der Waals surface area contributed by atoms with Crippen molar-refractivity contribution in [2.75, 3.05) is 17.3 Å². The van der Waals surface area contributed by atoms with Crippen LogP contribution in [0, 0.1) is 19.8 Å². The van der Waals surface area contributed by atoms with Gasteiger partial charge in [0, 0.05) is 34.4 Å². The Balaban J connectivity index is 1.71. The number of thioether (sulfide) groups is 1. The van der Waals surface area contributed by atoms with Crippen LogP contribution in [-0.2, 0) is 11.3 Å². The van der Waals surface area contributed by atoms with Gasteiger partial charge in [-0.1, -0.05) is 32.0 Å². The minimum Gasteiger partial charge on any atom is -0.348 e. The van der Waals surface area contributed by atoms with E-state index in [0.717, 1.165) is 30.0 Å². The van der Waals surface area contributed by atoms with E-state index in [0.29, 0.717) is 23.0 Å². The van der Waals surface area contributed by atoms with Gasteiger partial charge in [0.15, 0.2) is 5.13 Å². The topological polar surface area (TPSA) is 76.0 Å². The van der Waals surface area contributed by atoms with E-state index in [-0.39, 0.29) is 11.8 Å². The number of nitrogens with zero attached hydrogens (tertiary/aromatic N) is 2. The minimum atomic E-state index is -0.631. The third kappa shape index (κ3) is 6.73. The molecule has 34 heavy (non-hydrogen) atoms. The van der Waals surface area contributed by atoms with Gasteiger partial charge in [-0.15, -0.1) is 11.3 Å². The van der Waals surface area contributed by atoms with Crippen LogP contribution in [0.5, 0.6) is 0 Å². The van der Waals surface area contributed by atoms with Crippen LogP contribution in [0.25, 0.3) is 11.3 Å². The zero-order chi connectivity index (χ0) is 24.7. The molecule has 0 fully saturated rings. The van der Waals surface area contributed by atoms with Crippen LogP contribution in [0.1, 0.15) is 48.4 Å². The molecule has 0 saturated carbocycles. The number of rotatable bonds is 11. The summed E-state index contributed by atoms with van der Waals surface area (Å²) < 4.78 is 2.34. The van der Waals surface area contributed by atoms with Gasteiger partial charge in [0.05, 0.1) is 5.69 Å². The first-order valence-corrected chi connectivity index (χ1v) is 13.9. The third-order valence-corrected chi connectivity index (χ3v) is 7.18. The van der Waals surface area contributed by atoms with E-state index in [1.807, 2.05) is 29.8 Å². The van der Waals surface area contributed by atoms with Crippen molar-refractivity contribution in [3.05, 3.63) is 58.7 Å². The number of hydrogen-bond acceptors (Lipinski definition) is 5. The first-order chi connectivity index (χ1) is 16.3. The molecule has 2 N–H and O–H groups in total. The van der Waals surface area contributed by atoms with Crippen molar-refractivity contribution >= 4 is 40.0 Å². The highest BCUT2D eigenvalue weighted by Gasteiger charge is 2.23. The van der Waals surface area contributed by atoms with Crippen LogP contribution in [0.3, 0.4) is 0 Å². The number of nitrogens with one attached hydrogen (secondary N) is 2. The van der Waals surface area contributed by atoms with Crippen LogP contribution in [0.4, 0.5) is 5.13 Å². The standard InChI is InChI=1S/C26H34N4O2S2/c1-17(2)11-13-30-18(3)15-21(19(30)4)23-16-34-26(28-23)29-25(32)22(12-14-33-5)27-24(31)20-9-7-6-8-10-20/h6-10,15-17,22H,11-14H2,1-5H3,(H,27,31)(H,28,29,32)/t22-/m1/s1. The van der Waals surface area contributed by atoms with Crippen LogP contribution in [-0.4, -0.2) is 39.4 Å². The van der Waals surface area contributed by atoms with Crippen molar-refractivity contribution in [2.45, 2.75) is 53.1 Å². The Morgan fingerprint density at radius 3 is 2.56 bits per heavy atom. The van der Waals surface area contributed by atoms with Crippen LogP contribution in [0.2, 0.25) is 0 Å². The number of amides is 2. The quantitative estimate of drug-likeness (QED) is 0.352.